The van der Waals surface area contributed by atoms with Gasteiger partial charge in [0.2, 0.25) is 11.8 Å². The van der Waals surface area contributed by atoms with E-state index in [9.17, 15) is 14.4 Å². The number of carbonyl (C=O) groups is 3. The molecule has 0 saturated heterocycles. The summed E-state index contributed by atoms with van der Waals surface area (Å²) < 4.78 is 0. The number of hydrogen-bond acceptors (Lipinski definition) is 3. The second kappa shape index (κ2) is 7.20. The highest BCUT2D eigenvalue weighted by atomic mass is 16.2. The van der Waals surface area contributed by atoms with Gasteiger partial charge >= 0.3 is 0 Å². The highest BCUT2D eigenvalue weighted by molar-refractivity contribution is 6.00. The molecule has 0 radical (unpaired) electrons. The van der Waals surface area contributed by atoms with Crippen LogP contribution in [0.4, 0.5) is 5.69 Å². The molecular weight excluding hydrogens is 280 g/mol. The van der Waals surface area contributed by atoms with Gasteiger partial charge in [-0.05, 0) is 44.0 Å². The Morgan fingerprint density at radius 2 is 1.73 bits per heavy atom. The minimum absolute atomic E-state index is 0.0103. The standard InChI is InChI=1S/C17H22N2O3/c1-3-4-9-18-16(21)14-10-15(14)17(22)19-13-7-5-12(6-8-13)11(2)20/h5-8,14-15H,3-4,9-10H2,1-2H3,(H,18,21)(H,19,22). The SMILES string of the molecule is CCCCNC(=O)C1CC1C(=O)Nc1ccc(C(C)=O)cc1. The molecule has 1 aromatic rings. The van der Waals surface area contributed by atoms with Gasteiger partial charge in [0.1, 0.15) is 0 Å². The van der Waals surface area contributed by atoms with Gasteiger partial charge in [-0.3, -0.25) is 14.4 Å². The van der Waals surface area contributed by atoms with Gasteiger partial charge in [-0.2, -0.15) is 0 Å². The van der Waals surface area contributed by atoms with Crippen molar-refractivity contribution in [2.75, 3.05) is 11.9 Å². The molecule has 2 atom stereocenters. The molecule has 5 heteroatoms. The lowest BCUT2D eigenvalue weighted by atomic mass is 10.1. The van der Waals surface area contributed by atoms with Gasteiger partial charge in [-0.15, -0.1) is 0 Å². The zero-order chi connectivity index (χ0) is 16.1. The summed E-state index contributed by atoms with van der Waals surface area (Å²) in [5, 5.41) is 5.65. The summed E-state index contributed by atoms with van der Waals surface area (Å²) in [6.07, 6.45) is 2.60. The Morgan fingerprint density at radius 3 is 2.32 bits per heavy atom. The number of ketones is 1. The third-order valence-electron chi connectivity index (χ3n) is 3.85. The number of unbranched alkanes of at least 4 members (excludes halogenated alkanes) is 1. The lowest BCUT2D eigenvalue weighted by Gasteiger charge is -2.06. The number of benzene rings is 1. The molecule has 0 aromatic heterocycles. The van der Waals surface area contributed by atoms with Gasteiger partial charge in [0.05, 0.1) is 11.8 Å². The normalized spacial score (nSPS) is 19.4. The van der Waals surface area contributed by atoms with E-state index in [0.29, 0.717) is 24.2 Å². The maximum Gasteiger partial charge on any atom is 0.228 e. The zero-order valence-electron chi connectivity index (χ0n) is 13.0. The van der Waals surface area contributed by atoms with E-state index in [-0.39, 0.29) is 29.4 Å². The summed E-state index contributed by atoms with van der Waals surface area (Å²) in [5.74, 6) is -0.613. The first-order chi connectivity index (χ1) is 10.5. The van der Waals surface area contributed by atoms with Crippen molar-refractivity contribution in [2.45, 2.75) is 33.1 Å². The molecule has 118 valence electrons. The average Bonchev–Trinajstić information content (AvgIpc) is 3.28. The van der Waals surface area contributed by atoms with Crippen LogP contribution in [-0.4, -0.2) is 24.1 Å². The number of amides is 2. The maximum absolute atomic E-state index is 12.1. The van der Waals surface area contributed by atoms with Crippen LogP contribution in [0.15, 0.2) is 24.3 Å². The minimum atomic E-state index is -0.242. The van der Waals surface area contributed by atoms with Crippen molar-refractivity contribution in [1.29, 1.82) is 0 Å². The van der Waals surface area contributed by atoms with Crippen LogP contribution in [0.3, 0.4) is 0 Å². The van der Waals surface area contributed by atoms with E-state index in [2.05, 4.69) is 17.6 Å². The third-order valence-corrected chi connectivity index (χ3v) is 3.85. The van der Waals surface area contributed by atoms with Crippen molar-refractivity contribution >= 4 is 23.3 Å². The molecule has 1 aromatic carbocycles. The third kappa shape index (κ3) is 4.16. The van der Waals surface area contributed by atoms with Gasteiger partial charge in [0, 0.05) is 17.8 Å². The molecule has 0 bridgehead atoms. The van der Waals surface area contributed by atoms with E-state index in [4.69, 9.17) is 0 Å². The van der Waals surface area contributed by atoms with Gasteiger partial charge in [0.15, 0.2) is 5.78 Å². The monoisotopic (exact) mass is 302 g/mol. The minimum Gasteiger partial charge on any atom is -0.356 e. The average molecular weight is 302 g/mol. The van der Waals surface area contributed by atoms with Crippen LogP contribution < -0.4 is 10.6 Å². The quantitative estimate of drug-likeness (QED) is 0.600. The lowest BCUT2D eigenvalue weighted by molar-refractivity contribution is -0.125. The smallest absolute Gasteiger partial charge is 0.228 e. The molecule has 1 aliphatic rings. The number of hydrogen-bond donors (Lipinski definition) is 2. The first-order valence-electron chi connectivity index (χ1n) is 7.72. The molecule has 0 aliphatic heterocycles. The van der Waals surface area contributed by atoms with Crippen molar-refractivity contribution in [1.82, 2.24) is 5.32 Å². The first kappa shape index (κ1) is 16.2. The topological polar surface area (TPSA) is 75.3 Å². The molecular formula is C17H22N2O3. The summed E-state index contributed by atoms with van der Waals surface area (Å²) in [5.41, 5.74) is 1.25. The molecule has 0 heterocycles. The number of anilines is 1. The summed E-state index contributed by atoms with van der Waals surface area (Å²) >= 11 is 0. The van der Waals surface area contributed by atoms with Crippen LogP contribution in [0.1, 0.15) is 43.5 Å². The van der Waals surface area contributed by atoms with Crippen LogP contribution in [0, 0.1) is 11.8 Å². The van der Waals surface area contributed by atoms with E-state index < -0.39 is 0 Å². The Bertz CT molecular complexity index is 566. The Hall–Kier alpha value is -2.17. The largest absolute Gasteiger partial charge is 0.356 e. The number of Topliss-reactive ketones (excluding diaryl/α,β-unsaturated/α-hetero) is 1. The second-order valence-electron chi connectivity index (χ2n) is 5.72. The Labute approximate surface area is 130 Å². The van der Waals surface area contributed by atoms with Gasteiger partial charge in [-0.25, -0.2) is 0 Å². The van der Waals surface area contributed by atoms with E-state index >= 15 is 0 Å². The van der Waals surface area contributed by atoms with Crippen molar-refractivity contribution in [3.63, 3.8) is 0 Å². The fraction of sp³-hybridized carbons (Fsp3) is 0.471. The molecule has 1 saturated carbocycles. The van der Waals surface area contributed by atoms with Crippen molar-refractivity contribution in [3.8, 4) is 0 Å². The van der Waals surface area contributed by atoms with E-state index in [1.165, 1.54) is 6.92 Å². The lowest BCUT2D eigenvalue weighted by Crippen LogP contribution is -2.28. The highest BCUT2D eigenvalue weighted by Gasteiger charge is 2.47. The number of rotatable bonds is 7. The Kier molecular flexibility index (Phi) is 5.31. The van der Waals surface area contributed by atoms with Crippen LogP contribution >= 0.6 is 0 Å². The van der Waals surface area contributed by atoms with Crippen molar-refractivity contribution in [3.05, 3.63) is 29.8 Å². The van der Waals surface area contributed by atoms with E-state index in [1.807, 2.05) is 0 Å². The van der Waals surface area contributed by atoms with E-state index in [1.54, 1.807) is 24.3 Å². The molecule has 5 nitrogen and oxygen atoms in total. The van der Waals surface area contributed by atoms with Crippen LogP contribution in [0.5, 0.6) is 0 Å². The fourth-order valence-corrected chi connectivity index (χ4v) is 2.32. The first-order valence-corrected chi connectivity index (χ1v) is 7.72. The van der Waals surface area contributed by atoms with Crippen LogP contribution in [0.25, 0.3) is 0 Å². The molecule has 2 N–H and O–H groups in total. The molecule has 2 amide bonds. The van der Waals surface area contributed by atoms with E-state index in [0.717, 1.165) is 12.8 Å². The summed E-state index contributed by atoms with van der Waals surface area (Å²) in [6, 6.07) is 6.76. The molecule has 1 aliphatic carbocycles. The highest BCUT2D eigenvalue weighted by Crippen LogP contribution is 2.39. The molecule has 0 spiro atoms. The molecule has 22 heavy (non-hydrogen) atoms. The molecule has 2 unspecified atom stereocenters. The van der Waals surface area contributed by atoms with Crippen LogP contribution in [-0.2, 0) is 9.59 Å². The summed E-state index contributed by atoms with van der Waals surface area (Å²) in [4.78, 5) is 35.1. The number of carbonyl (C=O) groups excluding carboxylic acids is 3. The fourth-order valence-electron chi connectivity index (χ4n) is 2.32. The van der Waals surface area contributed by atoms with Crippen molar-refractivity contribution in [2.24, 2.45) is 11.8 Å². The predicted molar refractivity (Wildman–Crippen MR) is 84.6 cm³/mol. The zero-order valence-corrected chi connectivity index (χ0v) is 13.0. The second-order valence-corrected chi connectivity index (χ2v) is 5.72. The van der Waals surface area contributed by atoms with Crippen molar-refractivity contribution < 1.29 is 14.4 Å². The predicted octanol–water partition coefficient (Wildman–Crippen LogP) is 2.38. The van der Waals surface area contributed by atoms with Gasteiger partial charge < -0.3 is 10.6 Å². The van der Waals surface area contributed by atoms with Gasteiger partial charge in [0.25, 0.3) is 0 Å². The molecule has 2 rings (SSSR count). The summed E-state index contributed by atoms with van der Waals surface area (Å²) in [7, 11) is 0. The maximum atomic E-state index is 12.1. The Balaban J connectivity index is 1.81. The van der Waals surface area contributed by atoms with Crippen LogP contribution in [0.2, 0.25) is 0 Å². The number of nitrogens with one attached hydrogen (secondary N) is 2. The Morgan fingerprint density at radius 1 is 1.09 bits per heavy atom. The van der Waals surface area contributed by atoms with Gasteiger partial charge in [-0.1, -0.05) is 13.3 Å². The summed E-state index contributed by atoms with van der Waals surface area (Å²) in [6.45, 7) is 4.24. The molecule has 1 fully saturated rings.